The average Bonchev–Trinajstić information content (AvgIpc) is 2.71. The van der Waals surface area contributed by atoms with E-state index in [0.717, 1.165) is 25.9 Å². The summed E-state index contributed by atoms with van der Waals surface area (Å²) >= 11 is 1.46. The molecule has 0 aliphatic carbocycles. The van der Waals surface area contributed by atoms with Gasteiger partial charge in [0.05, 0.1) is 5.51 Å². The van der Waals surface area contributed by atoms with Crippen LogP contribution in [0, 0.1) is 0 Å². The Labute approximate surface area is 92.3 Å². The number of carbonyl (C=O) groups is 1. The van der Waals surface area contributed by atoms with Crippen LogP contribution in [0.15, 0.2) is 10.9 Å². The van der Waals surface area contributed by atoms with E-state index in [9.17, 15) is 4.79 Å². The standard InChI is InChI=1S/C9H14N4OS/c14-9(13-8-5-15-6-11-8)12-7-2-1-3-10-4-7/h5-7,10H,1-4H2,(H2,12,13,14)/t7-/m0/s1. The van der Waals surface area contributed by atoms with E-state index >= 15 is 0 Å². The van der Waals surface area contributed by atoms with E-state index in [-0.39, 0.29) is 12.1 Å². The van der Waals surface area contributed by atoms with E-state index in [1.54, 1.807) is 10.9 Å². The molecule has 1 fully saturated rings. The number of nitrogens with one attached hydrogen (secondary N) is 3. The molecule has 5 nitrogen and oxygen atoms in total. The van der Waals surface area contributed by atoms with Crippen LogP contribution in [-0.2, 0) is 0 Å². The van der Waals surface area contributed by atoms with Gasteiger partial charge in [0.15, 0.2) is 0 Å². The van der Waals surface area contributed by atoms with E-state index < -0.39 is 0 Å². The van der Waals surface area contributed by atoms with E-state index in [1.165, 1.54) is 11.3 Å². The second-order valence-corrected chi connectivity index (χ2v) is 4.23. The number of rotatable bonds is 2. The summed E-state index contributed by atoms with van der Waals surface area (Å²) in [6, 6.07) is 0.0620. The molecule has 1 atom stereocenters. The molecule has 0 saturated carbocycles. The van der Waals surface area contributed by atoms with E-state index in [0.29, 0.717) is 5.82 Å². The number of thiazole rings is 1. The Balaban J connectivity index is 1.76. The molecule has 2 amide bonds. The first-order valence-electron chi connectivity index (χ1n) is 5.01. The van der Waals surface area contributed by atoms with Crippen molar-refractivity contribution in [2.24, 2.45) is 0 Å². The lowest BCUT2D eigenvalue weighted by molar-refractivity contribution is 0.245. The fourth-order valence-electron chi connectivity index (χ4n) is 1.59. The molecule has 15 heavy (non-hydrogen) atoms. The highest BCUT2D eigenvalue weighted by atomic mass is 32.1. The SMILES string of the molecule is O=C(Nc1cscn1)N[C@H]1CCCNC1. The van der Waals surface area contributed by atoms with Crippen molar-refractivity contribution in [1.29, 1.82) is 0 Å². The number of piperidine rings is 1. The molecule has 82 valence electrons. The van der Waals surface area contributed by atoms with Crippen LogP contribution < -0.4 is 16.0 Å². The van der Waals surface area contributed by atoms with Crippen molar-refractivity contribution in [2.45, 2.75) is 18.9 Å². The topological polar surface area (TPSA) is 66.0 Å². The van der Waals surface area contributed by atoms with E-state index in [4.69, 9.17) is 0 Å². The number of aromatic nitrogens is 1. The largest absolute Gasteiger partial charge is 0.334 e. The van der Waals surface area contributed by atoms with Gasteiger partial charge in [0, 0.05) is 18.0 Å². The van der Waals surface area contributed by atoms with Crippen LogP contribution in [0.1, 0.15) is 12.8 Å². The molecule has 1 aromatic rings. The Morgan fingerprint density at radius 1 is 1.67 bits per heavy atom. The van der Waals surface area contributed by atoms with Gasteiger partial charge in [0.2, 0.25) is 0 Å². The molecule has 2 heterocycles. The van der Waals surface area contributed by atoms with Crippen molar-refractivity contribution in [3.05, 3.63) is 10.9 Å². The summed E-state index contributed by atoms with van der Waals surface area (Å²) in [6.07, 6.45) is 2.15. The zero-order valence-electron chi connectivity index (χ0n) is 8.32. The predicted octanol–water partition coefficient (Wildman–Crippen LogP) is 1.02. The Morgan fingerprint density at radius 3 is 3.27 bits per heavy atom. The van der Waals surface area contributed by atoms with Crippen molar-refractivity contribution < 1.29 is 4.79 Å². The van der Waals surface area contributed by atoms with Crippen LogP contribution in [0.2, 0.25) is 0 Å². The number of hydrogen-bond donors (Lipinski definition) is 3. The van der Waals surface area contributed by atoms with Gasteiger partial charge in [-0.1, -0.05) is 0 Å². The normalized spacial score (nSPS) is 20.9. The minimum absolute atomic E-state index is 0.172. The first-order valence-corrected chi connectivity index (χ1v) is 5.95. The lowest BCUT2D eigenvalue weighted by Gasteiger charge is -2.23. The van der Waals surface area contributed by atoms with Crippen LogP contribution in [-0.4, -0.2) is 30.1 Å². The number of carbonyl (C=O) groups excluding carboxylic acids is 1. The van der Waals surface area contributed by atoms with Crippen LogP contribution >= 0.6 is 11.3 Å². The summed E-state index contributed by atoms with van der Waals surface area (Å²) in [4.78, 5) is 15.5. The molecule has 0 unspecified atom stereocenters. The third-order valence-electron chi connectivity index (χ3n) is 2.31. The minimum atomic E-state index is -0.172. The zero-order chi connectivity index (χ0) is 10.5. The van der Waals surface area contributed by atoms with Gasteiger partial charge in [0.25, 0.3) is 0 Å². The van der Waals surface area contributed by atoms with Crippen LogP contribution in [0.5, 0.6) is 0 Å². The molecule has 0 spiro atoms. The minimum Gasteiger partial charge on any atom is -0.334 e. The van der Waals surface area contributed by atoms with Crippen molar-refractivity contribution >= 4 is 23.2 Å². The number of urea groups is 1. The molecule has 0 radical (unpaired) electrons. The van der Waals surface area contributed by atoms with Crippen molar-refractivity contribution in [2.75, 3.05) is 18.4 Å². The maximum Gasteiger partial charge on any atom is 0.320 e. The van der Waals surface area contributed by atoms with Gasteiger partial charge < -0.3 is 10.6 Å². The van der Waals surface area contributed by atoms with Gasteiger partial charge in [-0.2, -0.15) is 0 Å². The van der Waals surface area contributed by atoms with Crippen LogP contribution in [0.25, 0.3) is 0 Å². The Morgan fingerprint density at radius 2 is 2.60 bits per heavy atom. The summed E-state index contributed by atoms with van der Waals surface area (Å²) in [6.45, 7) is 1.90. The highest BCUT2D eigenvalue weighted by molar-refractivity contribution is 7.07. The summed E-state index contributed by atoms with van der Waals surface area (Å²) in [5.74, 6) is 0.612. The van der Waals surface area contributed by atoms with Gasteiger partial charge >= 0.3 is 6.03 Å². The highest BCUT2D eigenvalue weighted by Gasteiger charge is 2.15. The molecule has 1 aliphatic heterocycles. The number of anilines is 1. The molecule has 2 rings (SSSR count). The van der Waals surface area contributed by atoms with E-state index in [1.807, 2.05) is 0 Å². The lowest BCUT2D eigenvalue weighted by atomic mass is 10.1. The molecule has 3 N–H and O–H groups in total. The van der Waals surface area contributed by atoms with Gasteiger partial charge in [0.1, 0.15) is 5.82 Å². The smallest absolute Gasteiger partial charge is 0.320 e. The Hall–Kier alpha value is -1.14. The molecular weight excluding hydrogens is 212 g/mol. The molecule has 1 saturated heterocycles. The molecule has 0 bridgehead atoms. The maximum atomic E-state index is 11.5. The summed E-state index contributed by atoms with van der Waals surface area (Å²) < 4.78 is 0. The second kappa shape index (κ2) is 5.09. The molecule has 1 aromatic heterocycles. The predicted molar refractivity (Wildman–Crippen MR) is 60.2 cm³/mol. The van der Waals surface area contributed by atoms with Crippen LogP contribution in [0.4, 0.5) is 10.6 Å². The van der Waals surface area contributed by atoms with Crippen molar-refractivity contribution in [1.82, 2.24) is 15.6 Å². The van der Waals surface area contributed by atoms with Gasteiger partial charge in [-0.15, -0.1) is 11.3 Å². The third-order valence-corrected chi connectivity index (χ3v) is 2.89. The van der Waals surface area contributed by atoms with Crippen molar-refractivity contribution in [3.63, 3.8) is 0 Å². The fourth-order valence-corrected chi connectivity index (χ4v) is 2.07. The first kappa shape index (κ1) is 10.4. The number of hydrogen-bond acceptors (Lipinski definition) is 4. The van der Waals surface area contributed by atoms with Gasteiger partial charge in [-0.3, -0.25) is 5.32 Å². The first-order chi connectivity index (χ1) is 7.34. The summed E-state index contributed by atoms with van der Waals surface area (Å²) in [5.41, 5.74) is 1.69. The number of amides is 2. The summed E-state index contributed by atoms with van der Waals surface area (Å²) in [5, 5.41) is 10.6. The second-order valence-electron chi connectivity index (χ2n) is 3.52. The highest BCUT2D eigenvalue weighted by Crippen LogP contribution is 2.07. The summed E-state index contributed by atoms with van der Waals surface area (Å²) in [7, 11) is 0. The van der Waals surface area contributed by atoms with Crippen LogP contribution in [0.3, 0.4) is 0 Å². The molecular formula is C9H14N4OS. The van der Waals surface area contributed by atoms with Gasteiger partial charge in [-0.05, 0) is 19.4 Å². The van der Waals surface area contributed by atoms with Crippen molar-refractivity contribution in [3.8, 4) is 0 Å². The number of nitrogens with zero attached hydrogens (tertiary/aromatic N) is 1. The quantitative estimate of drug-likeness (QED) is 0.705. The lowest BCUT2D eigenvalue weighted by Crippen LogP contribution is -2.47. The molecule has 0 aromatic carbocycles. The molecule has 1 aliphatic rings. The maximum absolute atomic E-state index is 11.5. The molecule has 6 heteroatoms. The Bertz CT molecular complexity index is 308. The average molecular weight is 226 g/mol. The van der Waals surface area contributed by atoms with Gasteiger partial charge in [-0.25, -0.2) is 9.78 Å². The van der Waals surface area contributed by atoms with E-state index in [2.05, 4.69) is 20.9 Å². The monoisotopic (exact) mass is 226 g/mol. The fraction of sp³-hybridized carbons (Fsp3) is 0.556. The zero-order valence-corrected chi connectivity index (χ0v) is 9.14. The Kier molecular flexibility index (Phi) is 3.52. The third kappa shape index (κ3) is 3.17.